The molecule has 0 spiro atoms. The third kappa shape index (κ3) is 5.94. The normalized spacial score (nSPS) is 13.5. The van der Waals surface area contributed by atoms with Crippen LogP contribution in [0.3, 0.4) is 0 Å². The van der Waals surface area contributed by atoms with Crippen molar-refractivity contribution >= 4 is 15.9 Å². The molecule has 0 aliphatic heterocycles. The van der Waals surface area contributed by atoms with Gasteiger partial charge in [0.05, 0.1) is 19.3 Å². The minimum absolute atomic E-state index is 0.106. The smallest absolute Gasteiger partial charge is 0.238 e. The van der Waals surface area contributed by atoms with Gasteiger partial charge in [-0.05, 0) is 31.4 Å². The molecule has 0 radical (unpaired) electrons. The topological polar surface area (TPSA) is 62.6 Å². The summed E-state index contributed by atoms with van der Waals surface area (Å²) in [6, 6.07) is 3.72. The second kappa shape index (κ2) is 8.67. The first-order valence-corrected chi connectivity index (χ1v) is 10.3. The molecule has 1 amide bonds. The van der Waals surface area contributed by atoms with E-state index in [9.17, 15) is 13.2 Å². The molecule has 0 bridgehead atoms. The molecule has 0 saturated carbocycles. The summed E-state index contributed by atoms with van der Waals surface area (Å²) >= 11 is 0. The Morgan fingerprint density at radius 2 is 1.92 bits per heavy atom. The third-order valence-electron chi connectivity index (χ3n) is 4.14. The number of aromatic nitrogens is 1. The number of nitrogens with zero attached hydrogens (tertiary/aromatic N) is 3. The Morgan fingerprint density at radius 3 is 2.33 bits per heavy atom. The van der Waals surface area contributed by atoms with E-state index in [1.165, 1.54) is 4.31 Å². The molecule has 6 nitrogen and oxygen atoms in total. The van der Waals surface area contributed by atoms with Gasteiger partial charge in [-0.3, -0.25) is 4.79 Å². The predicted octanol–water partition coefficient (Wildman–Crippen LogP) is 2.07. The van der Waals surface area contributed by atoms with Crippen molar-refractivity contribution in [3.63, 3.8) is 0 Å². The van der Waals surface area contributed by atoms with Crippen LogP contribution in [0, 0.1) is 5.92 Å². The molecule has 1 aromatic rings. The molecule has 0 aromatic carbocycles. The zero-order chi connectivity index (χ0) is 18.5. The second-order valence-electron chi connectivity index (χ2n) is 6.84. The molecule has 24 heavy (non-hydrogen) atoms. The lowest BCUT2D eigenvalue weighted by atomic mass is 10.2. The molecule has 0 N–H and O–H groups in total. The number of carbonyl (C=O) groups is 1. The zero-order valence-corrected chi connectivity index (χ0v) is 16.5. The molecule has 1 heterocycles. The number of aryl methyl sites for hydroxylation is 1. The molecule has 7 heteroatoms. The van der Waals surface area contributed by atoms with Crippen LogP contribution in [0.25, 0.3) is 0 Å². The van der Waals surface area contributed by atoms with E-state index in [0.29, 0.717) is 25.4 Å². The summed E-state index contributed by atoms with van der Waals surface area (Å²) in [5.41, 5.74) is 1.03. The molecule has 0 fully saturated rings. The first kappa shape index (κ1) is 20.7. The van der Waals surface area contributed by atoms with Gasteiger partial charge < -0.3 is 9.47 Å². The van der Waals surface area contributed by atoms with Crippen LogP contribution >= 0.6 is 0 Å². The van der Waals surface area contributed by atoms with Crippen molar-refractivity contribution in [2.45, 2.75) is 46.7 Å². The summed E-state index contributed by atoms with van der Waals surface area (Å²) in [7, 11) is -1.48. The maximum absolute atomic E-state index is 12.8. The van der Waals surface area contributed by atoms with Crippen molar-refractivity contribution in [1.82, 2.24) is 13.8 Å². The number of amides is 1. The Kier molecular flexibility index (Phi) is 7.48. The van der Waals surface area contributed by atoms with Crippen molar-refractivity contribution in [2.75, 3.05) is 19.3 Å². The lowest BCUT2D eigenvalue weighted by molar-refractivity contribution is -0.133. The Bertz CT molecular complexity index is 637. The van der Waals surface area contributed by atoms with E-state index in [1.54, 1.807) is 4.90 Å². The van der Waals surface area contributed by atoms with Gasteiger partial charge in [-0.2, -0.15) is 4.31 Å². The molecule has 0 aliphatic carbocycles. The lowest BCUT2D eigenvalue weighted by Crippen LogP contribution is -2.46. The van der Waals surface area contributed by atoms with Gasteiger partial charge in [0.2, 0.25) is 15.9 Å². The summed E-state index contributed by atoms with van der Waals surface area (Å²) in [5.74, 6) is 0.153. The molecule has 138 valence electrons. The summed E-state index contributed by atoms with van der Waals surface area (Å²) in [6.45, 7) is 8.83. The Labute approximate surface area is 146 Å². The maximum atomic E-state index is 12.8. The second-order valence-corrected chi connectivity index (χ2v) is 8.78. The SMILES string of the molecule is CCC(C)N(CC(=O)N(Cc1cccn1C)CC(C)C)S(C)(=O)=O. The molecule has 1 rings (SSSR count). The quantitative estimate of drug-likeness (QED) is 0.680. The van der Waals surface area contributed by atoms with Gasteiger partial charge in [-0.1, -0.05) is 20.8 Å². The standard InChI is InChI=1S/C17H31N3O3S/c1-7-15(4)20(24(6,22)23)13-17(21)19(11-14(2)3)12-16-9-8-10-18(16)5/h8-10,14-15H,7,11-13H2,1-6H3. The first-order valence-electron chi connectivity index (χ1n) is 8.41. The molecular formula is C17H31N3O3S. The monoisotopic (exact) mass is 357 g/mol. The van der Waals surface area contributed by atoms with Gasteiger partial charge in [0, 0.05) is 31.5 Å². The number of hydrogen-bond donors (Lipinski definition) is 0. The average Bonchev–Trinajstić information content (AvgIpc) is 2.86. The van der Waals surface area contributed by atoms with Crippen LogP contribution in [0.5, 0.6) is 0 Å². The summed E-state index contributed by atoms with van der Waals surface area (Å²) in [6.07, 6.45) is 3.77. The van der Waals surface area contributed by atoms with Gasteiger partial charge in [0.1, 0.15) is 0 Å². The highest BCUT2D eigenvalue weighted by molar-refractivity contribution is 7.88. The summed E-state index contributed by atoms with van der Waals surface area (Å²) < 4.78 is 27.3. The van der Waals surface area contributed by atoms with Gasteiger partial charge in [0.15, 0.2) is 0 Å². The highest BCUT2D eigenvalue weighted by Gasteiger charge is 2.27. The minimum Gasteiger partial charge on any atom is -0.353 e. The van der Waals surface area contributed by atoms with Crippen molar-refractivity contribution < 1.29 is 13.2 Å². The lowest BCUT2D eigenvalue weighted by Gasteiger charge is -2.30. The fourth-order valence-electron chi connectivity index (χ4n) is 2.59. The Hall–Kier alpha value is -1.34. The van der Waals surface area contributed by atoms with Crippen LogP contribution in [0.15, 0.2) is 18.3 Å². The van der Waals surface area contributed by atoms with E-state index in [4.69, 9.17) is 0 Å². The Morgan fingerprint density at radius 1 is 1.29 bits per heavy atom. The minimum atomic E-state index is -3.42. The van der Waals surface area contributed by atoms with Crippen LogP contribution in [-0.2, 0) is 28.4 Å². The number of rotatable bonds is 9. The van der Waals surface area contributed by atoms with E-state index < -0.39 is 10.0 Å². The number of carbonyl (C=O) groups excluding carboxylic acids is 1. The molecule has 1 atom stereocenters. The van der Waals surface area contributed by atoms with Gasteiger partial charge in [0.25, 0.3) is 0 Å². The molecule has 1 unspecified atom stereocenters. The fraction of sp³-hybridized carbons (Fsp3) is 0.706. The van der Waals surface area contributed by atoms with Crippen molar-refractivity contribution in [3.8, 4) is 0 Å². The molecule has 0 saturated heterocycles. The van der Waals surface area contributed by atoms with Crippen LogP contribution in [-0.4, -0.2) is 53.5 Å². The maximum Gasteiger partial charge on any atom is 0.238 e. The van der Waals surface area contributed by atoms with Crippen molar-refractivity contribution in [1.29, 1.82) is 0 Å². The Balaban J connectivity index is 2.96. The summed E-state index contributed by atoms with van der Waals surface area (Å²) in [4.78, 5) is 14.6. The number of hydrogen-bond acceptors (Lipinski definition) is 3. The van der Waals surface area contributed by atoms with Gasteiger partial charge in [-0.25, -0.2) is 8.42 Å². The van der Waals surface area contributed by atoms with Crippen LogP contribution < -0.4 is 0 Å². The predicted molar refractivity (Wildman–Crippen MR) is 97.0 cm³/mol. The third-order valence-corrected chi connectivity index (χ3v) is 5.48. The van der Waals surface area contributed by atoms with E-state index >= 15 is 0 Å². The van der Waals surface area contributed by atoms with E-state index in [0.717, 1.165) is 11.9 Å². The molecule has 1 aromatic heterocycles. The van der Waals surface area contributed by atoms with Crippen LogP contribution in [0.4, 0.5) is 0 Å². The van der Waals surface area contributed by atoms with Crippen molar-refractivity contribution in [2.24, 2.45) is 13.0 Å². The van der Waals surface area contributed by atoms with Crippen LogP contribution in [0.2, 0.25) is 0 Å². The highest BCUT2D eigenvalue weighted by atomic mass is 32.2. The number of sulfonamides is 1. The highest BCUT2D eigenvalue weighted by Crippen LogP contribution is 2.13. The zero-order valence-electron chi connectivity index (χ0n) is 15.7. The van der Waals surface area contributed by atoms with E-state index in [2.05, 4.69) is 0 Å². The van der Waals surface area contributed by atoms with Crippen molar-refractivity contribution in [3.05, 3.63) is 24.0 Å². The van der Waals surface area contributed by atoms with E-state index in [-0.39, 0.29) is 18.5 Å². The largest absolute Gasteiger partial charge is 0.353 e. The first-order chi connectivity index (χ1) is 11.1. The summed E-state index contributed by atoms with van der Waals surface area (Å²) in [5, 5.41) is 0. The molecular weight excluding hydrogens is 326 g/mol. The van der Waals surface area contributed by atoms with Gasteiger partial charge >= 0.3 is 0 Å². The average molecular weight is 358 g/mol. The van der Waals surface area contributed by atoms with Gasteiger partial charge in [-0.15, -0.1) is 0 Å². The van der Waals surface area contributed by atoms with Crippen LogP contribution in [0.1, 0.15) is 39.8 Å². The fourth-order valence-corrected chi connectivity index (χ4v) is 3.74. The van der Waals surface area contributed by atoms with E-state index in [1.807, 2.05) is 57.6 Å². The molecule has 0 aliphatic rings.